The Hall–Kier alpha value is -1.90. The van der Waals surface area contributed by atoms with Crippen LogP contribution >= 0.6 is 0 Å². The second-order valence-corrected chi connectivity index (χ2v) is 9.92. The Balaban J connectivity index is 0.000000645. The van der Waals surface area contributed by atoms with Crippen LogP contribution in [0.5, 0.6) is 0 Å². The fraction of sp³-hybridized carbons (Fsp3) is 0.444. The van der Waals surface area contributed by atoms with Crippen LogP contribution in [0.25, 0.3) is 11.1 Å². The number of halogens is 1. The van der Waals surface area contributed by atoms with Crippen molar-refractivity contribution in [3.8, 4) is 11.1 Å². The van der Waals surface area contributed by atoms with Gasteiger partial charge in [-0.1, -0.05) is 48.5 Å². The van der Waals surface area contributed by atoms with Crippen LogP contribution in [0.4, 0.5) is 0 Å². The molecule has 0 fully saturated rings. The number of carbonyl (C=O) groups excluding carboxylic acids is 3. The van der Waals surface area contributed by atoms with Crippen LogP contribution in [0.3, 0.4) is 0 Å². The summed E-state index contributed by atoms with van der Waals surface area (Å²) < 4.78 is 19.3. The van der Waals surface area contributed by atoms with Crippen molar-refractivity contribution in [2.45, 2.75) is 47.5 Å². The molecule has 2 aromatic rings. The van der Waals surface area contributed by atoms with E-state index in [2.05, 4.69) is 24.3 Å². The van der Waals surface area contributed by atoms with E-state index in [0.29, 0.717) is 6.61 Å². The zero-order valence-corrected chi connectivity index (χ0v) is 24.8. The van der Waals surface area contributed by atoms with Crippen molar-refractivity contribution >= 4 is 18.4 Å². The number of hydrogen-bond acceptors (Lipinski definition) is 7. The van der Waals surface area contributed by atoms with E-state index in [9.17, 15) is 14.4 Å². The standard InChI is InChI=1S/C15H11O2.C12H22O5.ClH.Na/c16-10-17-9-15-13-7-3-1-5-11(13)12-6-2-4-8-14(12)15;1-11(2,3)9(13)16-7-15-8-17-10(14)12(4,5)6;;/h1-8,15H,9H2;7-8H2,1-6H3;1H;/q;;;+1/p-1. The zero-order chi connectivity index (χ0) is 25.4. The van der Waals surface area contributed by atoms with Gasteiger partial charge in [-0.2, -0.15) is 0 Å². The van der Waals surface area contributed by atoms with Gasteiger partial charge in [0.25, 0.3) is 0 Å². The van der Waals surface area contributed by atoms with E-state index in [1.807, 2.05) is 24.3 Å². The first-order valence-electron chi connectivity index (χ1n) is 11.1. The second kappa shape index (κ2) is 15.4. The number of rotatable bonds is 7. The quantitative estimate of drug-likeness (QED) is 0.150. The average Bonchev–Trinajstić information content (AvgIpc) is 3.10. The summed E-state index contributed by atoms with van der Waals surface area (Å²) in [6.07, 6.45) is 0. The van der Waals surface area contributed by atoms with Crippen molar-refractivity contribution in [3.63, 3.8) is 0 Å². The van der Waals surface area contributed by atoms with Crippen LogP contribution in [0, 0.1) is 10.8 Å². The summed E-state index contributed by atoms with van der Waals surface area (Å²) in [5.74, 6) is -0.580. The van der Waals surface area contributed by atoms with Crippen molar-refractivity contribution < 1.29 is 75.3 Å². The van der Waals surface area contributed by atoms with E-state index in [-0.39, 0.29) is 73.4 Å². The molecule has 2 aromatic carbocycles. The number of carbonyl (C=O) groups is 2. The molecule has 1 radical (unpaired) electrons. The number of esters is 2. The Morgan fingerprint density at radius 1 is 0.778 bits per heavy atom. The first-order chi connectivity index (χ1) is 16.0. The van der Waals surface area contributed by atoms with Crippen molar-refractivity contribution in [2.24, 2.45) is 10.8 Å². The molecule has 191 valence electrons. The molecule has 0 N–H and O–H groups in total. The van der Waals surface area contributed by atoms with Gasteiger partial charge in [0.05, 0.1) is 10.8 Å². The molecule has 0 atom stereocenters. The van der Waals surface area contributed by atoms with Gasteiger partial charge in [0, 0.05) is 5.92 Å². The Morgan fingerprint density at radius 3 is 1.53 bits per heavy atom. The minimum absolute atomic E-state index is 0. The van der Waals surface area contributed by atoms with E-state index in [0.717, 1.165) is 0 Å². The van der Waals surface area contributed by atoms with Gasteiger partial charge >= 0.3 is 48.0 Å². The zero-order valence-electron chi connectivity index (χ0n) is 22.1. The minimum Gasteiger partial charge on any atom is -1.00 e. The maximum Gasteiger partial charge on any atom is 1.00 e. The third-order valence-corrected chi connectivity index (χ3v) is 5.04. The molecule has 1 aliphatic carbocycles. The van der Waals surface area contributed by atoms with Gasteiger partial charge in [-0.15, -0.1) is 0 Å². The van der Waals surface area contributed by atoms with Crippen molar-refractivity contribution in [3.05, 3.63) is 59.7 Å². The molecule has 0 aromatic heterocycles. The third kappa shape index (κ3) is 9.87. The Kier molecular flexibility index (Phi) is 14.6. The van der Waals surface area contributed by atoms with Gasteiger partial charge in [0.15, 0.2) is 13.6 Å². The number of fused-ring (bicyclic) bond motifs is 3. The summed E-state index contributed by atoms with van der Waals surface area (Å²) in [7, 11) is 0. The monoisotopic (exact) mass is 527 g/mol. The summed E-state index contributed by atoms with van der Waals surface area (Å²) in [6.45, 7) is 11.9. The van der Waals surface area contributed by atoms with Crippen LogP contribution in [0.2, 0.25) is 0 Å². The molecule has 0 saturated heterocycles. The van der Waals surface area contributed by atoms with E-state index in [1.165, 1.54) is 28.7 Å². The van der Waals surface area contributed by atoms with Gasteiger partial charge in [-0.3, -0.25) is 9.59 Å². The van der Waals surface area contributed by atoms with Gasteiger partial charge in [0.1, 0.15) is 6.61 Å². The van der Waals surface area contributed by atoms with E-state index in [4.69, 9.17) is 18.9 Å². The van der Waals surface area contributed by atoms with Gasteiger partial charge in [0.2, 0.25) is 0 Å². The van der Waals surface area contributed by atoms with Crippen molar-refractivity contribution in [2.75, 3.05) is 20.2 Å². The van der Waals surface area contributed by atoms with E-state index < -0.39 is 10.8 Å². The molecule has 0 heterocycles. The van der Waals surface area contributed by atoms with Crippen molar-refractivity contribution in [1.82, 2.24) is 0 Å². The summed E-state index contributed by atoms with van der Waals surface area (Å²) >= 11 is 0. The van der Waals surface area contributed by atoms with E-state index in [1.54, 1.807) is 41.5 Å². The predicted octanol–water partition coefficient (Wildman–Crippen LogP) is -1.01. The van der Waals surface area contributed by atoms with Crippen molar-refractivity contribution in [1.29, 1.82) is 0 Å². The first-order valence-corrected chi connectivity index (χ1v) is 11.1. The Bertz CT molecular complexity index is 923. The van der Waals surface area contributed by atoms with E-state index >= 15 is 0 Å². The second-order valence-electron chi connectivity index (χ2n) is 9.92. The largest absolute Gasteiger partial charge is 1.00 e. The number of ether oxygens (including phenoxy) is 4. The van der Waals surface area contributed by atoms with Crippen LogP contribution < -0.4 is 42.0 Å². The van der Waals surface area contributed by atoms with Gasteiger partial charge in [-0.25, -0.2) is 4.79 Å². The number of hydrogen-bond donors (Lipinski definition) is 0. The molecule has 36 heavy (non-hydrogen) atoms. The van der Waals surface area contributed by atoms with Crippen LogP contribution in [-0.2, 0) is 33.3 Å². The number of benzene rings is 2. The summed E-state index contributed by atoms with van der Waals surface area (Å²) in [5, 5.41) is 0. The Labute approximate surface area is 241 Å². The summed E-state index contributed by atoms with van der Waals surface area (Å²) in [6, 6.07) is 16.5. The molecular weight excluding hydrogens is 495 g/mol. The van der Waals surface area contributed by atoms with Crippen LogP contribution in [-0.4, -0.2) is 38.6 Å². The third-order valence-electron chi connectivity index (χ3n) is 5.04. The smallest absolute Gasteiger partial charge is 1.00 e. The maximum atomic E-state index is 11.3. The molecule has 1 aliphatic rings. The molecule has 0 aliphatic heterocycles. The predicted molar refractivity (Wildman–Crippen MR) is 127 cm³/mol. The molecule has 0 amide bonds. The first kappa shape index (κ1) is 34.1. The Morgan fingerprint density at radius 2 is 1.17 bits per heavy atom. The molecule has 3 rings (SSSR count). The molecule has 9 heteroatoms. The minimum atomic E-state index is -0.564. The average molecular weight is 528 g/mol. The SMILES string of the molecule is CC(C)(C)C(=O)OCOCOC(=O)C(C)(C)C.O=[C]OCC1c2ccccc2-c2ccccc21.[Cl-].[Na+]. The van der Waals surface area contributed by atoms with Crippen LogP contribution in [0.15, 0.2) is 48.5 Å². The summed E-state index contributed by atoms with van der Waals surface area (Å²) in [5.41, 5.74) is 3.80. The fourth-order valence-corrected chi connectivity index (χ4v) is 3.21. The molecule has 0 unspecified atom stereocenters. The molecule has 7 nitrogen and oxygen atoms in total. The normalized spacial score (nSPS) is 11.8. The molecule has 0 bridgehead atoms. The topological polar surface area (TPSA) is 88.1 Å². The molecular formula is C27H33ClNaO7. The fourth-order valence-electron chi connectivity index (χ4n) is 3.21. The van der Waals surface area contributed by atoms with Gasteiger partial charge < -0.3 is 31.4 Å². The maximum absolute atomic E-state index is 11.3. The summed E-state index contributed by atoms with van der Waals surface area (Å²) in [4.78, 5) is 32.9. The van der Waals surface area contributed by atoms with Gasteiger partial charge in [-0.05, 0) is 63.8 Å². The molecule has 0 saturated carbocycles. The van der Waals surface area contributed by atoms with Crippen LogP contribution in [0.1, 0.15) is 58.6 Å². The molecule has 0 spiro atoms.